The molecule has 21 heavy (non-hydrogen) atoms. The van der Waals surface area contributed by atoms with Crippen LogP contribution in [0.4, 0.5) is 4.79 Å². The fourth-order valence-electron chi connectivity index (χ4n) is 3.45. The molecule has 0 saturated carbocycles. The topological polar surface area (TPSA) is 64.1 Å². The maximum atomic E-state index is 12.6. The molecule has 2 saturated heterocycles. The second kappa shape index (κ2) is 6.64. The summed E-state index contributed by atoms with van der Waals surface area (Å²) in [5.41, 5.74) is 0. The van der Waals surface area contributed by atoms with Crippen LogP contribution in [0.1, 0.15) is 26.7 Å². The van der Waals surface area contributed by atoms with Crippen LogP contribution in [0.5, 0.6) is 0 Å². The van der Waals surface area contributed by atoms with Gasteiger partial charge in [-0.1, -0.05) is 13.8 Å². The SMILES string of the molecule is CCN1CCC(N(C)C(=O)N2CC(C)C(C(=O)O)C2)CC1. The first kappa shape index (κ1) is 16.1. The molecule has 0 aromatic carbocycles. The number of piperidine rings is 1. The Morgan fingerprint density at radius 3 is 2.33 bits per heavy atom. The highest BCUT2D eigenvalue weighted by atomic mass is 16.4. The average molecular weight is 297 g/mol. The maximum absolute atomic E-state index is 12.6. The molecule has 2 atom stereocenters. The highest BCUT2D eigenvalue weighted by Crippen LogP contribution is 2.25. The number of aliphatic carboxylic acids is 1. The molecule has 0 bridgehead atoms. The van der Waals surface area contributed by atoms with Crippen LogP contribution in [0.25, 0.3) is 0 Å². The van der Waals surface area contributed by atoms with Crippen LogP contribution in [0, 0.1) is 11.8 Å². The summed E-state index contributed by atoms with van der Waals surface area (Å²) in [5, 5.41) is 9.17. The van der Waals surface area contributed by atoms with Crippen LogP contribution < -0.4 is 0 Å². The third-order valence-corrected chi connectivity index (χ3v) is 5.05. The van der Waals surface area contributed by atoms with E-state index in [2.05, 4.69) is 11.8 Å². The summed E-state index contributed by atoms with van der Waals surface area (Å²) >= 11 is 0. The Morgan fingerprint density at radius 2 is 1.86 bits per heavy atom. The van der Waals surface area contributed by atoms with E-state index in [1.807, 2.05) is 18.9 Å². The molecule has 6 heteroatoms. The lowest BCUT2D eigenvalue weighted by atomic mass is 9.99. The summed E-state index contributed by atoms with van der Waals surface area (Å²) in [6.07, 6.45) is 2.00. The average Bonchev–Trinajstić information content (AvgIpc) is 2.88. The highest BCUT2D eigenvalue weighted by molar-refractivity contribution is 5.77. The van der Waals surface area contributed by atoms with Crippen LogP contribution >= 0.6 is 0 Å². The lowest BCUT2D eigenvalue weighted by Gasteiger charge is -2.37. The van der Waals surface area contributed by atoms with E-state index >= 15 is 0 Å². The number of amides is 2. The lowest BCUT2D eigenvalue weighted by Crippen LogP contribution is -2.49. The number of hydrogen-bond acceptors (Lipinski definition) is 3. The summed E-state index contributed by atoms with van der Waals surface area (Å²) in [6.45, 7) is 8.09. The normalized spacial score (nSPS) is 27.9. The van der Waals surface area contributed by atoms with Gasteiger partial charge in [0.05, 0.1) is 5.92 Å². The van der Waals surface area contributed by atoms with Gasteiger partial charge in [-0.25, -0.2) is 4.79 Å². The highest BCUT2D eigenvalue weighted by Gasteiger charge is 2.39. The van der Waals surface area contributed by atoms with Gasteiger partial charge in [-0.05, 0) is 25.3 Å². The number of carbonyl (C=O) groups is 2. The third kappa shape index (κ3) is 3.48. The first-order chi connectivity index (χ1) is 9.93. The molecule has 2 aliphatic rings. The van der Waals surface area contributed by atoms with Crippen molar-refractivity contribution < 1.29 is 14.7 Å². The molecule has 0 aromatic heterocycles. The molecule has 2 heterocycles. The van der Waals surface area contributed by atoms with Crippen molar-refractivity contribution >= 4 is 12.0 Å². The maximum Gasteiger partial charge on any atom is 0.320 e. The van der Waals surface area contributed by atoms with E-state index in [-0.39, 0.29) is 18.0 Å². The molecular formula is C15H27N3O3. The zero-order valence-electron chi connectivity index (χ0n) is 13.3. The number of carboxylic acid groups (broad SMARTS) is 1. The number of nitrogens with zero attached hydrogens (tertiary/aromatic N) is 3. The molecule has 6 nitrogen and oxygen atoms in total. The van der Waals surface area contributed by atoms with Gasteiger partial charge >= 0.3 is 12.0 Å². The second-order valence-corrected chi connectivity index (χ2v) is 6.39. The van der Waals surface area contributed by atoms with Crippen molar-refractivity contribution in [2.45, 2.75) is 32.7 Å². The minimum atomic E-state index is -0.795. The fraction of sp³-hybridized carbons (Fsp3) is 0.867. The number of hydrogen-bond donors (Lipinski definition) is 1. The number of urea groups is 1. The van der Waals surface area contributed by atoms with Crippen LogP contribution in [0.15, 0.2) is 0 Å². The summed E-state index contributed by atoms with van der Waals surface area (Å²) in [6, 6.07) is 0.264. The van der Waals surface area contributed by atoms with Gasteiger partial charge in [0.15, 0.2) is 0 Å². The van der Waals surface area contributed by atoms with Gasteiger partial charge < -0.3 is 19.8 Å². The predicted octanol–water partition coefficient (Wildman–Crippen LogP) is 1.17. The molecule has 2 rings (SSSR count). The van der Waals surface area contributed by atoms with Crippen LogP contribution in [0.2, 0.25) is 0 Å². The zero-order chi connectivity index (χ0) is 15.6. The Bertz CT molecular complexity index is 394. The largest absolute Gasteiger partial charge is 0.481 e. The van der Waals surface area contributed by atoms with E-state index in [0.29, 0.717) is 13.1 Å². The van der Waals surface area contributed by atoms with E-state index < -0.39 is 11.9 Å². The van der Waals surface area contributed by atoms with Gasteiger partial charge in [0.2, 0.25) is 0 Å². The van der Waals surface area contributed by atoms with Crippen molar-refractivity contribution in [3.05, 3.63) is 0 Å². The molecule has 1 N–H and O–H groups in total. The Hall–Kier alpha value is -1.30. The van der Waals surface area contributed by atoms with Crippen molar-refractivity contribution in [3.63, 3.8) is 0 Å². The van der Waals surface area contributed by atoms with Crippen molar-refractivity contribution in [1.82, 2.24) is 14.7 Å². The van der Waals surface area contributed by atoms with E-state index in [1.54, 1.807) is 4.90 Å². The van der Waals surface area contributed by atoms with Crippen LogP contribution in [-0.2, 0) is 4.79 Å². The molecule has 0 aliphatic carbocycles. The van der Waals surface area contributed by atoms with Crippen molar-refractivity contribution in [2.75, 3.05) is 39.8 Å². The molecule has 0 spiro atoms. The van der Waals surface area contributed by atoms with E-state index in [0.717, 1.165) is 32.5 Å². The minimum Gasteiger partial charge on any atom is -0.481 e. The van der Waals surface area contributed by atoms with Gasteiger partial charge in [0, 0.05) is 39.3 Å². The molecule has 2 unspecified atom stereocenters. The van der Waals surface area contributed by atoms with Crippen molar-refractivity contribution in [3.8, 4) is 0 Å². The standard InChI is InChI=1S/C15H27N3O3/c1-4-17-7-5-12(6-8-17)16(3)15(21)18-9-11(2)13(10-18)14(19)20/h11-13H,4-10H2,1-3H3,(H,19,20). The summed E-state index contributed by atoms with van der Waals surface area (Å²) in [7, 11) is 1.85. The van der Waals surface area contributed by atoms with Gasteiger partial charge in [-0.3, -0.25) is 4.79 Å². The van der Waals surface area contributed by atoms with E-state index in [9.17, 15) is 9.59 Å². The minimum absolute atomic E-state index is 0.0134. The van der Waals surface area contributed by atoms with Gasteiger partial charge in [-0.15, -0.1) is 0 Å². The molecule has 2 aliphatic heterocycles. The Labute approximate surface area is 126 Å². The van der Waals surface area contributed by atoms with Crippen LogP contribution in [0.3, 0.4) is 0 Å². The molecular weight excluding hydrogens is 270 g/mol. The first-order valence-corrected chi connectivity index (χ1v) is 7.91. The molecule has 120 valence electrons. The summed E-state index contributed by atoms with van der Waals surface area (Å²) in [4.78, 5) is 29.6. The number of likely N-dealkylation sites (tertiary alicyclic amines) is 2. The van der Waals surface area contributed by atoms with Gasteiger partial charge in [0.1, 0.15) is 0 Å². The van der Waals surface area contributed by atoms with E-state index in [4.69, 9.17) is 5.11 Å². The monoisotopic (exact) mass is 297 g/mol. The zero-order valence-corrected chi connectivity index (χ0v) is 13.3. The molecule has 0 radical (unpaired) electrons. The van der Waals surface area contributed by atoms with Crippen LogP contribution in [-0.4, -0.2) is 77.6 Å². The van der Waals surface area contributed by atoms with E-state index in [1.165, 1.54) is 0 Å². The predicted molar refractivity (Wildman–Crippen MR) is 80.2 cm³/mol. The number of rotatable bonds is 3. The molecule has 0 aromatic rings. The summed E-state index contributed by atoms with van der Waals surface area (Å²) in [5.74, 6) is -1.19. The quantitative estimate of drug-likeness (QED) is 0.849. The van der Waals surface area contributed by atoms with Crippen molar-refractivity contribution in [1.29, 1.82) is 0 Å². The Kier molecular flexibility index (Phi) is 5.08. The number of carboxylic acids is 1. The second-order valence-electron chi connectivity index (χ2n) is 6.39. The fourth-order valence-corrected chi connectivity index (χ4v) is 3.45. The Balaban J connectivity index is 1.90. The molecule has 2 fully saturated rings. The smallest absolute Gasteiger partial charge is 0.320 e. The number of carbonyl (C=O) groups excluding carboxylic acids is 1. The van der Waals surface area contributed by atoms with Crippen molar-refractivity contribution in [2.24, 2.45) is 11.8 Å². The molecule has 2 amide bonds. The third-order valence-electron chi connectivity index (χ3n) is 5.05. The van der Waals surface area contributed by atoms with Gasteiger partial charge in [0.25, 0.3) is 0 Å². The lowest BCUT2D eigenvalue weighted by molar-refractivity contribution is -0.142. The first-order valence-electron chi connectivity index (χ1n) is 7.91. The Morgan fingerprint density at radius 1 is 1.24 bits per heavy atom. The van der Waals surface area contributed by atoms with Gasteiger partial charge in [-0.2, -0.15) is 0 Å². The summed E-state index contributed by atoms with van der Waals surface area (Å²) < 4.78 is 0.